The van der Waals surface area contributed by atoms with Crippen molar-refractivity contribution in [2.75, 3.05) is 5.32 Å². The zero-order valence-corrected chi connectivity index (χ0v) is 17.9. The summed E-state index contributed by atoms with van der Waals surface area (Å²) in [6, 6.07) is 6.57. The van der Waals surface area contributed by atoms with Crippen LogP contribution in [0.15, 0.2) is 52.9 Å². The van der Waals surface area contributed by atoms with Crippen molar-refractivity contribution in [3.8, 4) is 0 Å². The molecule has 9 heteroatoms. The fraction of sp³-hybridized carbons (Fsp3) is 0.217. The van der Waals surface area contributed by atoms with Gasteiger partial charge in [0, 0.05) is 30.2 Å². The Morgan fingerprint density at radius 1 is 1.31 bits per heavy atom. The highest BCUT2D eigenvalue weighted by Crippen LogP contribution is 2.38. The summed E-state index contributed by atoms with van der Waals surface area (Å²) in [4.78, 5) is 25.1. The lowest BCUT2D eigenvalue weighted by Crippen LogP contribution is -2.17. The highest BCUT2D eigenvalue weighted by atomic mass is 32.1. The Bertz CT molecular complexity index is 1270. The average molecular weight is 450 g/mol. The molecule has 1 aliphatic carbocycles. The molecule has 4 heterocycles. The van der Waals surface area contributed by atoms with Crippen LogP contribution in [0, 0.1) is 5.95 Å². The summed E-state index contributed by atoms with van der Waals surface area (Å²) >= 11 is 1.35. The number of amides is 1. The van der Waals surface area contributed by atoms with Crippen LogP contribution in [0.2, 0.25) is 0 Å². The van der Waals surface area contributed by atoms with Crippen molar-refractivity contribution in [2.24, 2.45) is 0 Å². The van der Waals surface area contributed by atoms with Gasteiger partial charge < -0.3 is 8.98 Å². The maximum absolute atomic E-state index is 13.4. The third-order valence-corrected chi connectivity index (χ3v) is 6.24. The van der Waals surface area contributed by atoms with Crippen LogP contribution in [-0.4, -0.2) is 25.4 Å². The highest BCUT2D eigenvalue weighted by Gasteiger charge is 2.25. The van der Waals surface area contributed by atoms with E-state index in [4.69, 9.17) is 4.42 Å². The summed E-state index contributed by atoms with van der Waals surface area (Å²) in [6.45, 7) is 0.363. The van der Waals surface area contributed by atoms with Crippen LogP contribution in [0.4, 0.5) is 9.52 Å². The summed E-state index contributed by atoms with van der Waals surface area (Å²) in [5.74, 6) is 0.570. The number of halogens is 1. The number of pyridine rings is 1. The molecular weight excluding hydrogens is 429 g/mol. The molecule has 1 N–H and O–H groups in total. The molecule has 5 rings (SSSR count). The molecule has 1 saturated carbocycles. The quantitative estimate of drug-likeness (QED) is 0.392. The SMILES string of the molecule is O=C(Nc1nc(/C=C/c2ncoc2C2CCC2)cs1)c1cccn1Cc1ccnc(F)c1. The Labute approximate surface area is 187 Å². The first kappa shape index (κ1) is 20.3. The molecule has 0 bridgehead atoms. The summed E-state index contributed by atoms with van der Waals surface area (Å²) in [6.07, 6.45) is 11.9. The molecule has 1 amide bonds. The van der Waals surface area contributed by atoms with Gasteiger partial charge in [-0.1, -0.05) is 6.42 Å². The Kier molecular flexibility index (Phi) is 5.64. The first-order valence-corrected chi connectivity index (χ1v) is 11.2. The van der Waals surface area contributed by atoms with Crippen LogP contribution in [0.25, 0.3) is 12.2 Å². The molecule has 0 atom stereocenters. The van der Waals surface area contributed by atoms with E-state index in [0.717, 1.165) is 35.6 Å². The standard InChI is InChI=1S/C23H20FN5O2S/c24-20-11-15(8-9-25-20)12-29-10-2-5-19(29)22(30)28-23-27-17(13-32-23)6-7-18-21(31-14-26-18)16-3-1-4-16/h2,5-11,13-14,16H,1,3-4,12H2,(H,27,28,30)/b7-6+. The van der Waals surface area contributed by atoms with Crippen LogP contribution in [-0.2, 0) is 6.54 Å². The summed E-state index contributed by atoms with van der Waals surface area (Å²) in [5.41, 5.74) is 2.75. The van der Waals surface area contributed by atoms with Gasteiger partial charge in [-0.3, -0.25) is 10.1 Å². The third kappa shape index (κ3) is 4.38. The van der Waals surface area contributed by atoms with Crippen LogP contribution < -0.4 is 5.32 Å². The van der Waals surface area contributed by atoms with Gasteiger partial charge in [0.2, 0.25) is 5.95 Å². The molecule has 0 aromatic carbocycles. The van der Waals surface area contributed by atoms with E-state index in [2.05, 4.69) is 20.3 Å². The van der Waals surface area contributed by atoms with Crippen molar-refractivity contribution < 1.29 is 13.6 Å². The monoisotopic (exact) mass is 449 g/mol. The van der Waals surface area contributed by atoms with Gasteiger partial charge in [0.25, 0.3) is 5.91 Å². The molecule has 32 heavy (non-hydrogen) atoms. The fourth-order valence-electron chi connectivity index (χ4n) is 3.61. The van der Waals surface area contributed by atoms with Gasteiger partial charge >= 0.3 is 0 Å². The first-order valence-electron chi connectivity index (χ1n) is 10.3. The number of oxazole rings is 1. The molecule has 0 aliphatic heterocycles. The van der Waals surface area contributed by atoms with Gasteiger partial charge in [-0.15, -0.1) is 11.3 Å². The van der Waals surface area contributed by atoms with Crippen LogP contribution >= 0.6 is 11.3 Å². The Morgan fingerprint density at radius 3 is 3.03 bits per heavy atom. The topological polar surface area (TPSA) is 85.8 Å². The Hall–Kier alpha value is -3.59. The highest BCUT2D eigenvalue weighted by molar-refractivity contribution is 7.14. The number of carbonyl (C=O) groups is 1. The van der Waals surface area contributed by atoms with Gasteiger partial charge in [-0.25, -0.2) is 15.0 Å². The summed E-state index contributed by atoms with van der Waals surface area (Å²) < 4.78 is 20.7. The molecule has 7 nitrogen and oxygen atoms in total. The van der Waals surface area contributed by atoms with E-state index in [-0.39, 0.29) is 5.91 Å². The van der Waals surface area contributed by atoms with Crippen molar-refractivity contribution in [3.05, 3.63) is 82.8 Å². The summed E-state index contributed by atoms with van der Waals surface area (Å²) in [7, 11) is 0. The zero-order chi connectivity index (χ0) is 21.9. The molecule has 0 saturated heterocycles. The van der Waals surface area contributed by atoms with E-state index in [1.807, 2.05) is 17.5 Å². The first-order chi connectivity index (χ1) is 15.7. The number of nitrogens with one attached hydrogen (secondary N) is 1. The van der Waals surface area contributed by atoms with E-state index < -0.39 is 5.95 Å². The maximum Gasteiger partial charge on any atom is 0.274 e. The van der Waals surface area contributed by atoms with Gasteiger partial charge in [0.1, 0.15) is 17.1 Å². The number of thiazole rings is 1. The zero-order valence-electron chi connectivity index (χ0n) is 17.1. The van der Waals surface area contributed by atoms with Crippen LogP contribution in [0.1, 0.15) is 58.4 Å². The summed E-state index contributed by atoms with van der Waals surface area (Å²) in [5, 5.41) is 5.20. The fourth-order valence-corrected chi connectivity index (χ4v) is 4.28. The lowest BCUT2D eigenvalue weighted by Gasteiger charge is -2.23. The molecule has 0 radical (unpaired) electrons. The average Bonchev–Trinajstić information content (AvgIpc) is 3.47. The third-order valence-electron chi connectivity index (χ3n) is 5.46. The number of rotatable bonds is 7. The predicted molar refractivity (Wildman–Crippen MR) is 120 cm³/mol. The molecule has 1 aliphatic rings. The number of aromatic nitrogens is 4. The number of carbonyl (C=O) groups excluding carboxylic acids is 1. The van der Waals surface area contributed by atoms with Crippen molar-refractivity contribution in [3.63, 3.8) is 0 Å². The van der Waals surface area contributed by atoms with Gasteiger partial charge in [-0.2, -0.15) is 4.39 Å². The van der Waals surface area contributed by atoms with E-state index in [9.17, 15) is 9.18 Å². The molecule has 0 unspecified atom stereocenters. The van der Waals surface area contributed by atoms with Crippen molar-refractivity contribution in [1.29, 1.82) is 0 Å². The van der Waals surface area contributed by atoms with E-state index >= 15 is 0 Å². The second-order valence-electron chi connectivity index (χ2n) is 7.60. The molecular formula is C23H20FN5O2S. The smallest absolute Gasteiger partial charge is 0.274 e. The minimum Gasteiger partial charge on any atom is -0.448 e. The number of hydrogen-bond acceptors (Lipinski definition) is 6. The van der Waals surface area contributed by atoms with Crippen molar-refractivity contribution in [2.45, 2.75) is 31.7 Å². The number of hydrogen-bond donors (Lipinski definition) is 1. The Balaban J connectivity index is 1.25. The van der Waals surface area contributed by atoms with Crippen LogP contribution in [0.3, 0.4) is 0 Å². The van der Waals surface area contributed by atoms with Gasteiger partial charge in [0.05, 0.1) is 5.69 Å². The van der Waals surface area contributed by atoms with E-state index in [0.29, 0.717) is 23.3 Å². The van der Waals surface area contributed by atoms with E-state index in [1.54, 1.807) is 29.0 Å². The minimum atomic E-state index is -0.547. The molecule has 1 fully saturated rings. The van der Waals surface area contributed by atoms with Crippen molar-refractivity contribution in [1.82, 2.24) is 19.5 Å². The predicted octanol–water partition coefficient (Wildman–Crippen LogP) is 5.21. The van der Waals surface area contributed by atoms with Gasteiger partial charge in [0.15, 0.2) is 11.5 Å². The largest absolute Gasteiger partial charge is 0.448 e. The van der Waals surface area contributed by atoms with E-state index in [1.165, 1.54) is 36.4 Å². The van der Waals surface area contributed by atoms with Crippen LogP contribution in [0.5, 0.6) is 0 Å². The normalized spacial score (nSPS) is 14.0. The molecule has 4 aromatic rings. The lowest BCUT2D eigenvalue weighted by molar-refractivity contribution is 0.101. The van der Waals surface area contributed by atoms with Gasteiger partial charge in [-0.05, 0) is 54.8 Å². The second kappa shape index (κ2) is 8.88. The lowest BCUT2D eigenvalue weighted by atomic mass is 9.83. The molecule has 162 valence electrons. The van der Waals surface area contributed by atoms with Crippen molar-refractivity contribution >= 4 is 34.5 Å². The molecule has 4 aromatic heterocycles. The minimum absolute atomic E-state index is 0.279. The molecule has 0 spiro atoms. The Morgan fingerprint density at radius 2 is 2.22 bits per heavy atom. The second-order valence-corrected chi connectivity index (χ2v) is 8.46. The maximum atomic E-state index is 13.4. The number of anilines is 1. The number of nitrogens with zero attached hydrogens (tertiary/aromatic N) is 4.